The Bertz CT molecular complexity index is 345. The maximum atomic E-state index is 10.3. The number of carbonyl (C=O) groups is 1. The SMILES string of the molecule is C=C(CSCCSCC(O)C(O)CSCCSCCC(=O)O)OO. The van der Waals surface area contributed by atoms with Crippen molar-refractivity contribution in [2.24, 2.45) is 0 Å². The molecular formula is C14H26O6S4. The first-order valence-electron chi connectivity index (χ1n) is 7.35. The molecule has 0 aromatic heterocycles. The molecule has 0 saturated carbocycles. The Hall–Kier alpha value is 0.290. The minimum absolute atomic E-state index is 0.174. The van der Waals surface area contributed by atoms with Crippen molar-refractivity contribution in [3.05, 3.63) is 12.3 Å². The summed E-state index contributed by atoms with van der Waals surface area (Å²) in [6, 6.07) is 0. The lowest BCUT2D eigenvalue weighted by Crippen LogP contribution is -2.30. The van der Waals surface area contributed by atoms with Crippen LogP contribution in [0.4, 0.5) is 0 Å². The third-order valence-corrected chi connectivity index (χ3v) is 7.28. The Morgan fingerprint density at radius 3 is 1.92 bits per heavy atom. The number of carboxylic acids is 1. The van der Waals surface area contributed by atoms with E-state index in [1.807, 2.05) is 0 Å². The number of aliphatic carboxylic acids is 1. The van der Waals surface area contributed by atoms with Crippen molar-refractivity contribution in [3.63, 3.8) is 0 Å². The van der Waals surface area contributed by atoms with Gasteiger partial charge >= 0.3 is 5.97 Å². The van der Waals surface area contributed by atoms with Crippen LogP contribution in [0.1, 0.15) is 6.42 Å². The highest BCUT2D eigenvalue weighted by Crippen LogP contribution is 2.15. The molecule has 0 aromatic rings. The van der Waals surface area contributed by atoms with Crippen molar-refractivity contribution in [1.29, 1.82) is 0 Å². The number of carboxylic acid groups (broad SMARTS) is 1. The highest BCUT2D eigenvalue weighted by atomic mass is 32.2. The van der Waals surface area contributed by atoms with Gasteiger partial charge < -0.3 is 20.2 Å². The fraction of sp³-hybridized carbons (Fsp3) is 0.786. The second kappa shape index (κ2) is 16.7. The minimum atomic E-state index is -0.781. The summed E-state index contributed by atoms with van der Waals surface area (Å²) in [5.41, 5.74) is 0. The molecular weight excluding hydrogens is 392 g/mol. The molecule has 0 radical (unpaired) electrons. The summed E-state index contributed by atoms with van der Waals surface area (Å²) in [4.78, 5) is 14.3. The van der Waals surface area contributed by atoms with E-state index in [1.165, 1.54) is 0 Å². The van der Waals surface area contributed by atoms with Gasteiger partial charge in [0.1, 0.15) is 5.76 Å². The standard InChI is InChI=1S/C14H26O6S4/c1-11(20-19)8-22-6-7-24-10-13(16)12(15)9-23-5-4-21-3-2-14(17)18/h12-13,15-16,19H,1-10H2,(H,17,18). The lowest BCUT2D eigenvalue weighted by Gasteiger charge is -2.17. The molecule has 0 saturated heterocycles. The Balaban J connectivity index is 3.44. The Kier molecular flexibility index (Phi) is 16.9. The van der Waals surface area contributed by atoms with E-state index in [4.69, 9.17) is 10.4 Å². The van der Waals surface area contributed by atoms with Crippen LogP contribution >= 0.6 is 47.0 Å². The molecule has 0 spiro atoms. The van der Waals surface area contributed by atoms with Crippen molar-refractivity contribution in [2.75, 3.05) is 46.0 Å². The third kappa shape index (κ3) is 15.8. The fourth-order valence-electron chi connectivity index (χ4n) is 1.34. The molecule has 4 N–H and O–H groups in total. The average molecular weight is 419 g/mol. The molecule has 2 unspecified atom stereocenters. The molecule has 0 aliphatic carbocycles. The first kappa shape index (κ1) is 24.3. The van der Waals surface area contributed by atoms with Crippen LogP contribution in [0.25, 0.3) is 0 Å². The highest BCUT2D eigenvalue weighted by molar-refractivity contribution is 8.03. The van der Waals surface area contributed by atoms with E-state index in [0.29, 0.717) is 28.8 Å². The fourth-order valence-corrected chi connectivity index (χ4v) is 5.43. The molecule has 142 valence electrons. The Labute approximate surface area is 160 Å². The zero-order chi connectivity index (χ0) is 18.2. The van der Waals surface area contributed by atoms with Crippen LogP contribution in [0.5, 0.6) is 0 Å². The van der Waals surface area contributed by atoms with Crippen LogP contribution in [0.2, 0.25) is 0 Å². The topological polar surface area (TPSA) is 107 Å². The maximum absolute atomic E-state index is 10.3. The molecule has 0 bridgehead atoms. The van der Waals surface area contributed by atoms with Gasteiger partial charge in [0, 0.05) is 40.3 Å². The predicted octanol–water partition coefficient (Wildman–Crippen LogP) is 2.12. The van der Waals surface area contributed by atoms with Gasteiger partial charge in [-0.3, -0.25) is 4.79 Å². The number of hydrogen-bond donors (Lipinski definition) is 4. The summed E-state index contributed by atoms with van der Waals surface area (Å²) in [7, 11) is 0. The number of aliphatic hydroxyl groups is 2. The van der Waals surface area contributed by atoms with Gasteiger partial charge in [0.15, 0.2) is 0 Å². The van der Waals surface area contributed by atoms with Crippen molar-refractivity contribution in [1.82, 2.24) is 0 Å². The Morgan fingerprint density at radius 2 is 1.42 bits per heavy atom. The summed E-state index contributed by atoms with van der Waals surface area (Å²) in [5, 5.41) is 36.6. The lowest BCUT2D eigenvalue weighted by atomic mass is 10.3. The first-order chi connectivity index (χ1) is 11.5. The molecule has 2 atom stereocenters. The molecule has 0 aliphatic heterocycles. The second-order valence-electron chi connectivity index (χ2n) is 4.72. The van der Waals surface area contributed by atoms with Gasteiger partial charge in [0.2, 0.25) is 0 Å². The van der Waals surface area contributed by atoms with Crippen molar-refractivity contribution < 1.29 is 30.3 Å². The second-order valence-corrected chi connectivity index (χ2v) is 9.35. The Morgan fingerprint density at radius 1 is 0.917 bits per heavy atom. The van der Waals surface area contributed by atoms with E-state index in [0.717, 1.165) is 23.0 Å². The molecule has 0 fully saturated rings. The molecule has 0 aliphatic rings. The van der Waals surface area contributed by atoms with Crippen LogP contribution in [0.15, 0.2) is 12.3 Å². The molecule has 0 amide bonds. The van der Waals surface area contributed by atoms with E-state index in [-0.39, 0.29) is 6.42 Å². The van der Waals surface area contributed by atoms with E-state index >= 15 is 0 Å². The zero-order valence-electron chi connectivity index (χ0n) is 13.5. The van der Waals surface area contributed by atoms with Crippen LogP contribution in [-0.2, 0) is 9.68 Å². The summed E-state index contributed by atoms with van der Waals surface area (Å²) in [6.45, 7) is 3.50. The third-order valence-electron chi connectivity index (χ3n) is 2.62. The van der Waals surface area contributed by atoms with Crippen LogP contribution in [-0.4, -0.2) is 84.8 Å². The zero-order valence-corrected chi connectivity index (χ0v) is 16.7. The normalized spacial score (nSPS) is 13.5. The predicted molar refractivity (Wildman–Crippen MR) is 106 cm³/mol. The summed E-state index contributed by atoms with van der Waals surface area (Å²) >= 11 is 6.29. The van der Waals surface area contributed by atoms with E-state index < -0.39 is 18.2 Å². The molecule has 0 heterocycles. The van der Waals surface area contributed by atoms with Gasteiger partial charge in [-0.05, 0) is 0 Å². The van der Waals surface area contributed by atoms with Crippen molar-refractivity contribution in [2.45, 2.75) is 18.6 Å². The quantitative estimate of drug-likeness (QED) is 0.121. The van der Waals surface area contributed by atoms with E-state index in [2.05, 4.69) is 11.5 Å². The number of thioether (sulfide) groups is 4. The molecule has 0 rings (SSSR count). The van der Waals surface area contributed by atoms with Gasteiger partial charge in [-0.2, -0.15) is 47.0 Å². The molecule has 10 heteroatoms. The number of hydrogen-bond acceptors (Lipinski definition) is 9. The van der Waals surface area contributed by atoms with Gasteiger partial charge in [-0.15, -0.1) is 0 Å². The summed E-state index contributed by atoms with van der Waals surface area (Å²) in [6.07, 6.45) is -1.32. The molecule has 0 aromatic carbocycles. The molecule has 24 heavy (non-hydrogen) atoms. The number of rotatable bonds is 17. The van der Waals surface area contributed by atoms with Gasteiger partial charge in [0.25, 0.3) is 0 Å². The van der Waals surface area contributed by atoms with Crippen LogP contribution < -0.4 is 0 Å². The summed E-state index contributed by atoms with van der Waals surface area (Å²) in [5.74, 6) is 4.98. The van der Waals surface area contributed by atoms with E-state index in [9.17, 15) is 15.0 Å². The smallest absolute Gasteiger partial charge is 0.304 e. The monoisotopic (exact) mass is 418 g/mol. The number of aliphatic hydroxyl groups excluding tert-OH is 2. The summed E-state index contributed by atoms with van der Waals surface area (Å²) < 4.78 is 0. The van der Waals surface area contributed by atoms with Gasteiger partial charge in [-0.1, -0.05) is 6.58 Å². The lowest BCUT2D eigenvalue weighted by molar-refractivity contribution is -0.201. The average Bonchev–Trinajstić information content (AvgIpc) is 2.55. The van der Waals surface area contributed by atoms with Crippen LogP contribution in [0, 0.1) is 0 Å². The molecule has 6 nitrogen and oxygen atoms in total. The van der Waals surface area contributed by atoms with E-state index in [1.54, 1.807) is 47.0 Å². The van der Waals surface area contributed by atoms with Gasteiger partial charge in [0.05, 0.1) is 24.4 Å². The van der Waals surface area contributed by atoms with Gasteiger partial charge in [-0.25, -0.2) is 5.26 Å². The highest BCUT2D eigenvalue weighted by Gasteiger charge is 2.15. The largest absolute Gasteiger partial charge is 0.481 e. The van der Waals surface area contributed by atoms with Crippen molar-refractivity contribution in [3.8, 4) is 0 Å². The maximum Gasteiger partial charge on any atom is 0.304 e. The van der Waals surface area contributed by atoms with Crippen LogP contribution in [0.3, 0.4) is 0 Å². The minimum Gasteiger partial charge on any atom is -0.481 e. The first-order valence-corrected chi connectivity index (χ1v) is 12.0. The van der Waals surface area contributed by atoms with Crippen molar-refractivity contribution >= 4 is 53.0 Å².